The van der Waals surface area contributed by atoms with Gasteiger partial charge in [0.2, 0.25) is 0 Å². The molecule has 2 aromatic heterocycles. The minimum Gasteiger partial charge on any atom is -0.232 e. The maximum absolute atomic E-state index is 4.34. The van der Waals surface area contributed by atoms with Gasteiger partial charge in [0.15, 0.2) is 5.65 Å². The van der Waals surface area contributed by atoms with Crippen LogP contribution in [0, 0.1) is 13.8 Å². The van der Waals surface area contributed by atoms with E-state index in [0.29, 0.717) is 0 Å². The Kier molecular flexibility index (Phi) is 3.01. The topological polar surface area (TPSA) is 30.2 Å². The van der Waals surface area contributed by atoms with Crippen molar-refractivity contribution >= 4 is 5.65 Å². The van der Waals surface area contributed by atoms with Crippen molar-refractivity contribution in [1.82, 2.24) is 14.6 Å². The lowest BCUT2D eigenvalue weighted by molar-refractivity contribution is 0.891. The van der Waals surface area contributed by atoms with Crippen LogP contribution < -0.4 is 0 Å². The largest absolute Gasteiger partial charge is 0.232 e. The average molecular weight is 177 g/mol. The molecule has 0 aliphatic rings. The summed E-state index contributed by atoms with van der Waals surface area (Å²) in [4.78, 5) is 4.34. The molecule has 0 amide bonds. The summed E-state index contributed by atoms with van der Waals surface area (Å²) in [5, 5.41) is 4.16. The molecule has 0 saturated heterocycles. The maximum Gasteiger partial charge on any atom is 0.156 e. The molecule has 0 radical (unpaired) electrons. The highest BCUT2D eigenvalue weighted by molar-refractivity contribution is 5.46. The Morgan fingerprint density at radius 3 is 2.62 bits per heavy atom. The SMILES string of the molecule is CC.Cc1cnn2ccc(C)c2n1. The zero-order valence-electron chi connectivity index (χ0n) is 8.57. The Bertz CT molecular complexity index is 390. The second-order valence-corrected chi connectivity index (χ2v) is 2.66. The quantitative estimate of drug-likeness (QED) is 0.618. The molecule has 0 saturated carbocycles. The fourth-order valence-corrected chi connectivity index (χ4v) is 1.08. The van der Waals surface area contributed by atoms with Gasteiger partial charge in [0.1, 0.15) is 0 Å². The van der Waals surface area contributed by atoms with Crippen molar-refractivity contribution in [2.75, 3.05) is 0 Å². The van der Waals surface area contributed by atoms with Crippen molar-refractivity contribution < 1.29 is 0 Å². The summed E-state index contributed by atoms with van der Waals surface area (Å²) >= 11 is 0. The Balaban J connectivity index is 0.000000396. The molecule has 0 N–H and O–H groups in total. The van der Waals surface area contributed by atoms with E-state index in [4.69, 9.17) is 0 Å². The average Bonchev–Trinajstić information content (AvgIpc) is 2.52. The van der Waals surface area contributed by atoms with Crippen LogP contribution in [-0.4, -0.2) is 14.6 Å². The second kappa shape index (κ2) is 4.03. The summed E-state index contributed by atoms with van der Waals surface area (Å²) in [5.41, 5.74) is 3.07. The van der Waals surface area contributed by atoms with Gasteiger partial charge in [-0.2, -0.15) is 5.10 Å². The van der Waals surface area contributed by atoms with Crippen molar-refractivity contribution in [1.29, 1.82) is 0 Å². The molecule has 0 aliphatic heterocycles. The first-order valence-electron chi connectivity index (χ1n) is 4.55. The molecule has 0 fully saturated rings. The van der Waals surface area contributed by atoms with E-state index in [1.54, 1.807) is 10.7 Å². The number of hydrogen-bond donors (Lipinski definition) is 0. The fourth-order valence-electron chi connectivity index (χ4n) is 1.08. The molecule has 2 aromatic rings. The monoisotopic (exact) mass is 177 g/mol. The number of nitrogens with zero attached hydrogens (tertiary/aromatic N) is 3. The lowest BCUT2D eigenvalue weighted by Gasteiger charge is -1.94. The van der Waals surface area contributed by atoms with Crippen LogP contribution in [0.3, 0.4) is 0 Å². The van der Waals surface area contributed by atoms with Gasteiger partial charge in [-0.1, -0.05) is 13.8 Å². The molecule has 0 atom stereocenters. The van der Waals surface area contributed by atoms with Crippen molar-refractivity contribution in [3.8, 4) is 0 Å². The molecule has 3 heteroatoms. The lowest BCUT2D eigenvalue weighted by atomic mass is 10.4. The Morgan fingerprint density at radius 2 is 1.92 bits per heavy atom. The third-order valence-electron chi connectivity index (χ3n) is 1.69. The molecule has 0 aliphatic carbocycles. The van der Waals surface area contributed by atoms with Crippen molar-refractivity contribution in [2.24, 2.45) is 0 Å². The summed E-state index contributed by atoms with van der Waals surface area (Å²) in [6.07, 6.45) is 3.67. The van der Waals surface area contributed by atoms with Gasteiger partial charge in [0, 0.05) is 6.20 Å². The van der Waals surface area contributed by atoms with Gasteiger partial charge in [0.25, 0.3) is 0 Å². The van der Waals surface area contributed by atoms with E-state index in [-0.39, 0.29) is 0 Å². The molecule has 0 spiro atoms. The van der Waals surface area contributed by atoms with E-state index in [2.05, 4.69) is 10.1 Å². The zero-order valence-corrected chi connectivity index (χ0v) is 8.57. The summed E-state index contributed by atoms with van der Waals surface area (Å²) in [7, 11) is 0. The molecule has 0 bridgehead atoms. The van der Waals surface area contributed by atoms with Gasteiger partial charge < -0.3 is 0 Å². The highest BCUT2D eigenvalue weighted by atomic mass is 15.2. The van der Waals surface area contributed by atoms with Crippen LogP contribution in [-0.2, 0) is 0 Å². The van der Waals surface area contributed by atoms with Gasteiger partial charge >= 0.3 is 0 Å². The van der Waals surface area contributed by atoms with Crippen LogP contribution in [0.4, 0.5) is 0 Å². The zero-order chi connectivity index (χ0) is 9.84. The number of hydrogen-bond acceptors (Lipinski definition) is 2. The van der Waals surface area contributed by atoms with Crippen molar-refractivity contribution in [3.05, 3.63) is 29.7 Å². The smallest absolute Gasteiger partial charge is 0.156 e. The van der Waals surface area contributed by atoms with Gasteiger partial charge in [-0.15, -0.1) is 0 Å². The molecule has 2 heterocycles. The number of aryl methyl sites for hydroxylation is 2. The van der Waals surface area contributed by atoms with Crippen molar-refractivity contribution in [2.45, 2.75) is 27.7 Å². The second-order valence-electron chi connectivity index (χ2n) is 2.66. The third kappa shape index (κ3) is 1.86. The Morgan fingerprint density at radius 1 is 1.23 bits per heavy atom. The Hall–Kier alpha value is -1.38. The van der Waals surface area contributed by atoms with E-state index in [0.717, 1.165) is 11.3 Å². The van der Waals surface area contributed by atoms with E-state index in [9.17, 15) is 0 Å². The predicted octanol–water partition coefficient (Wildman–Crippen LogP) is 2.37. The molecule has 2 rings (SSSR count). The van der Waals surface area contributed by atoms with E-state index >= 15 is 0 Å². The van der Waals surface area contributed by atoms with Gasteiger partial charge in [0.05, 0.1) is 11.9 Å². The summed E-state index contributed by atoms with van der Waals surface area (Å²) in [5.74, 6) is 0. The Labute approximate surface area is 78.4 Å². The minimum absolute atomic E-state index is 0.949. The first kappa shape index (κ1) is 9.71. The van der Waals surface area contributed by atoms with Crippen molar-refractivity contribution in [3.63, 3.8) is 0 Å². The highest BCUT2D eigenvalue weighted by Crippen LogP contribution is 2.06. The fraction of sp³-hybridized carbons (Fsp3) is 0.400. The number of aromatic nitrogens is 3. The normalized spacial score (nSPS) is 9.54. The van der Waals surface area contributed by atoms with Crippen LogP contribution in [0.2, 0.25) is 0 Å². The highest BCUT2D eigenvalue weighted by Gasteiger charge is 1.98. The maximum atomic E-state index is 4.34. The van der Waals surface area contributed by atoms with Crippen LogP contribution >= 0.6 is 0 Å². The van der Waals surface area contributed by atoms with Gasteiger partial charge in [-0.25, -0.2) is 9.50 Å². The first-order valence-corrected chi connectivity index (χ1v) is 4.55. The van der Waals surface area contributed by atoms with E-state index in [1.165, 1.54) is 5.56 Å². The summed E-state index contributed by atoms with van der Waals surface area (Å²) in [6.45, 7) is 7.98. The number of fused-ring (bicyclic) bond motifs is 1. The molecule has 13 heavy (non-hydrogen) atoms. The van der Waals surface area contributed by atoms with Crippen LogP contribution in [0.15, 0.2) is 18.5 Å². The lowest BCUT2D eigenvalue weighted by Crippen LogP contribution is -1.94. The predicted molar refractivity (Wildman–Crippen MR) is 53.8 cm³/mol. The van der Waals surface area contributed by atoms with E-state index in [1.807, 2.05) is 40.0 Å². The number of rotatable bonds is 0. The van der Waals surface area contributed by atoms with E-state index < -0.39 is 0 Å². The minimum atomic E-state index is 0.949. The first-order chi connectivity index (χ1) is 6.27. The molecule has 3 nitrogen and oxygen atoms in total. The van der Waals surface area contributed by atoms with Crippen LogP contribution in [0.1, 0.15) is 25.1 Å². The molecule has 0 unspecified atom stereocenters. The third-order valence-corrected chi connectivity index (χ3v) is 1.69. The molecule has 70 valence electrons. The van der Waals surface area contributed by atoms with Crippen LogP contribution in [0.25, 0.3) is 5.65 Å². The standard InChI is InChI=1S/C8H9N3.C2H6/c1-6-3-4-11-8(6)10-7(2)5-9-11;1-2/h3-5H,1-2H3;1-2H3. The van der Waals surface area contributed by atoms with Gasteiger partial charge in [-0.05, 0) is 25.5 Å². The molecular weight excluding hydrogens is 162 g/mol. The molecular formula is C10H15N3. The van der Waals surface area contributed by atoms with Gasteiger partial charge in [-0.3, -0.25) is 0 Å². The summed E-state index contributed by atoms with van der Waals surface area (Å²) < 4.78 is 1.78. The molecule has 0 aromatic carbocycles. The van der Waals surface area contributed by atoms with Crippen LogP contribution in [0.5, 0.6) is 0 Å². The summed E-state index contributed by atoms with van der Waals surface area (Å²) in [6, 6.07) is 2.01.